The van der Waals surface area contributed by atoms with E-state index in [0.717, 1.165) is 17.5 Å². The van der Waals surface area contributed by atoms with Gasteiger partial charge in [-0.3, -0.25) is 19.8 Å². The summed E-state index contributed by atoms with van der Waals surface area (Å²) >= 11 is 11.6. The molecule has 2 aromatic rings. The summed E-state index contributed by atoms with van der Waals surface area (Å²) in [6.07, 6.45) is 2.39. The van der Waals surface area contributed by atoms with Crippen LogP contribution in [-0.2, 0) is 9.59 Å². The van der Waals surface area contributed by atoms with E-state index in [4.69, 9.17) is 28.6 Å². The molecule has 1 saturated heterocycles. The fraction of sp³-hybridized carbons (Fsp3) is 0.261. The zero-order chi connectivity index (χ0) is 22.0. The van der Waals surface area contributed by atoms with Crippen molar-refractivity contribution in [2.45, 2.75) is 40.2 Å². The lowest BCUT2D eigenvalue weighted by molar-refractivity contribution is -0.122. The lowest BCUT2D eigenvalue weighted by atomic mass is 10.1. The Balaban J connectivity index is 1.94. The Morgan fingerprint density at radius 2 is 1.90 bits per heavy atom. The highest BCUT2D eigenvalue weighted by Crippen LogP contribution is 2.29. The Morgan fingerprint density at radius 3 is 2.53 bits per heavy atom. The smallest absolute Gasteiger partial charge is 0.270 e. The number of aryl methyl sites for hydroxylation is 2. The molecule has 7 heteroatoms. The first-order valence-corrected chi connectivity index (χ1v) is 10.4. The highest BCUT2D eigenvalue weighted by molar-refractivity contribution is 7.80. The Morgan fingerprint density at radius 1 is 1.17 bits per heavy atom. The number of halogens is 1. The lowest BCUT2D eigenvalue weighted by Crippen LogP contribution is -2.54. The van der Waals surface area contributed by atoms with Crippen LogP contribution in [0, 0.1) is 13.8 Å². The van der Waals surface area contributed by atoms with Gasteiger partial charge in [0.2, 0.25) is 0 Å². The van der Waals surface area contributed by atoms with Gasteiger partial charge in [-0.05, 0) is 86.4 Å². The van der Waals surface area contributed by atoms with E-state index >= 15 is 0 Å². The number of rotatable bonds is 5. The van der Waals surface area contributed by atoms with E-state index in [9.17, 15) is 9.59 Å². The normalized spacial score (nSPS) is 16.6. The largest absolute Gasteiger partial charge is 0.489 e. The van der Waals surface area contributed by atoms with Crippen molar-refractivity contribution in [1.29, 1.82) is 0 Å². The second-order valence-corrected chi connectivity index (χ2v) is 8.05. The van der Waals surface area contributed by atoms with Gasteiger partial charge in [-0.1, -0.05) is 30.7 Å². The maximum atomic E-state index is 13.1. The summed E-state index contributed by atoms with van der Waals surface area (Å²) in [5.74, 6) is -0.463. The van der Waals surface area contributed by atoms with Crippen molar-refractivity contribution in [2.75, 3.05) is 4.90 Å². The molecule has 1 aliphatic rings. The van der Waals surface area contributed by atoms with E-state index in [2.05, 4.69) is 5.32 Å². The molecule has 0 unspecified atom stereocenters. The summed E-state index contributed by atoms with van der Waals surface area (Å²) in [5.41, 5.74) is 3.32. The van der Waals surface area contributed by atoms with E-state index in [1.165, 1.54) is 11.0 Å². The minimum Gasteiger partial charge on any atom is -0.489 e. The molecule has 0 saturated carbocycles. The molecule has 0 aromatic heterocycles. The van der Waals surface area contributed by atoms with Crippen LogP contribution >= 0.6 is 23.8 Å². The van der Waals surface area contributed by atoms with E-state index < -0.39 is 11.8 Å². The number of carbonyl (C=O) groups is 2. The molecule has 0 aliphatic carbocycles. The zero-order valence-electron chi connectivity index (χ0n) is 17.3. The van der Waals surface area contributed by atoms with Gasteiger partial charge >= 0.3 is 0 Å². The van der Waals surface area contributed by atoms with Crippen LogP contribution in [0.2, 0.25) is 5.02 Å². The van der Waals surface area contributed by atoms with E-state index in [1.807, 2.05) is 39.8 Å². The lowest BCUT2D eigenvalue weighted by Gasteiger charge is -2.29. The van der Waals surface area contributed by atoms with Crippen LogP contribution in [0.5, 0.6) is 5.75 Å². The second-order valence-electron chi connectivity index (χ2n) is 7.25. The molecular formula is C23H23ClN2O3S. The van der Waals surface area contributed by atoms with Crippen LogP contribution in [0.25, 0.3) is 6.08 Å². The third kappa shape index (κ3) is 4.55. The molecule has 1 heterocycles. The number of hydrogen-bond donors (Lipinski definition) is 1. The molecule has 0 bridgehead atoms. The van der Waals surface area contributed by atoms with Gasteiger partial charge in [-0.2, -0.15) is 0 Å². The third-order valence-corrected chi connectivity index (χ3v) is 5.60. The van der Waals surface area contributed by atoms with Crippen molar-refractivity contribution in [3.05, 3.63) is 63.7 Å². The van der Waals surface area contributed by atoms with Gasteiger partial charge in [-0.15, -0.1) is 0 Å². The predicted molar refractivity (Wildman–Crippen MR) is 124 cm³/mol. The van der Waals surface area contributed by atoms with Crippen LogP contribution in [0.15, 0.2) is 42.0 Å². The van der Waals surface area contributed by atoms with Crippen molar-refractivity contribution in [1.82, 2.24) is 5.32 Å². The van der Waals surface area contributed by atoms with Gasteiger partial charge in [0.1, 0.15) is 11.3 Å². The summed E-state index contributed by atoms with van der Waals surface area (Å²) in [6, 6.07) is 10.7. The van der Waals surface area contributed by atoms with Crippen molar-refractivity contribution < 1.29 is 14.3 Å². The molecule has 3 rings (SSSR count). The fourth-order valence-corrected chi connectivity index (χ4v) is 3.44. The fourth-order valence-electron chi connectivity index (χ4n) is 2.93. The number of hydrogen-bond acceptors (Lipinski definition) is 4. The first kappa shape index (κ1) is 22.0. The maximum Gasteiger partial charge on any atom is 0.270 e. The van der Waals surface area contributed by atoms with Gasteiger partial charge < -0.3 is 4.74 Å². The molecule has 0 radical (unpaired) electrons. The molecule has 156 valence electrons. The standard InChI is InChI=1S/C23H23ClN2O3S/c1-5-15(4)29-20-9-7-16(12-19(20)24)11-18-21(27)25-23(30)26(22(18)28)17-8-6-13(2)14(3)10-17/h6-12,15H,5H2,1-4H3,(H,25,27,30)/b18-11+/t15-/m0/s1. The Labute approximate surface area is 186 Å². The minimum absolute atomic E-state index is 0.0199. The number of benzene rings is 2. The second kappa shape index (κ2) is 8.98. The summed E-state index contributed by atoms with van der Waals surface area (Å²) in [6.45, 7) is 7.93. The molecule has 1 aliphatic heterocycles. The molecule has 2 aromatic carbocycles. The third-order valence-electron chi connectivity index (χ3n) is 5.02. The Bertz CT molecular complexity index is 1060. The Kier molecular flexibility index (Phi) is 6.58. The van der Waals surface area contributed by atoms with Gasteiger partial charge in [-0.25, -0.2) is 0 Å². The zero-order valence-corrected chi connectivity index (χ0v) is 18.9. The van der Waals surface area contributed by atoms with Crippen molar-refractivity contribution >= 4 is 52.5 Å². The van der Waals surface area contributed by atoms with Crippen LogP contribution < -0.4 is 15.0 Å². The topological polar surface area (TPSA) is 58.6 Å². The molecule has 2 amide bonds. The van der Waals surface area contributed by atoms with Crippen molar-refractivity contribution in [2.24, 2.45) is 0 Å². The quantitative estimate of drug-likeness (QED) is 0.403. The number of ether oxygens (including phenoxy) is 1. The molecular weight excluding hydrogens is 420 g/mol. The van der Waals surface area contributed by atoms with Gasteiger partial charge in [0.25, 0.3) is 11.8 Å². The predicted octanol–water partition coefficient (Wildman–Crippen LogP) is 4.97. The first-order valence-electron chi connectivity index (χ1n) is 9.66. The number of thiocarbonyl (C=S) groups is 1. The van der Waals surface area contributed by atoms with E-state index in [0.29, 0.717) is 22.0 Å². The molecule has 0 spiro atoms. The average molecular weight is 443 g/mol. The minimum atomic E-state index is -0.541. The number of amides is 2. The number of nitrogens with one attached hydrogen (secondary N) is 1. The molecule has 1 fully saturated rings. The maximum absolute atomic E-state index is 13.1. The highest BCUT2D eigenvalue weighted by atomic mass is 35.5. The summed E-state index contributed by atoms with van der Waals surface area (Å²) in [4.78, 5) is 26.9. The van der Waals surface area contributed by atoms with Crippen LogP contribution in [0.4, 0.5) is 5.69 Å². The van der Waals surface area contributed by atoms with E-state index in [-0.39, 0.29) is 16.8 Å². The Hall–Kier alpha value is -2.70. The van der Waals surface area contributed by atoms with E-state index in [1.54, 1.807) is 24.3 Å². The number of nitrogens with zero attached hydrogens (tertiary/aromatic N) is 1. The van der Waals surface area contributed by atoms with Crippen molar-refractivity contribution in [3.8, 4) is 5.75 Å². The number of anilines is 1. The molecule has 1 atom stereocenters. The van der Waals surface area contributed by atoms with Crippen LogP contribution in [0.1, 0.15) is 37.0 Å². The summed E-state index contributed by atoms with van der Waals surface area (Å²) < 4.78 is 5.77. The first-order chi connectivity index (χ1) is 14.2. The van der Waals surface area contributed by atoms with Gasteiger partial charge in [0.15, 0.2) is 5.11 Å². The van der Waals surface area contributed by atoms with Gasteiger partial charge in [0, 0.05) is 0 Å². The van der Waals surface area contributed by atoms with Gasteiger partial charge in [0.05, 0.1) is 16.8 Å². The molecule has 1 N–H and O–H groups in total. The SMILES string of the molecule is CC[C@H](C)Oc1ccc(/C=C2\C(=O)NC(=S)N(c3ccc(C)c(C)c3)C2=O)cc1Cl. The molecule has 30 heavy (non-hydrogen) atoms. The summed E-state index contributed by atoms with van der Waals surface area (Å²) in [5, 5.41) is 3.06. The number of carbonyl (C=O) groups excluding carboxylic acids is 2. The average Bonchev–Trinajstić information content (AvgIpc) is 2.69. The highest BCUT2D eigenvalue weighted by Gasteiger charge is 2.34. The molecule has 5 nitrogen and oxygen atoms in total. The van der Waals surface area contributed by atoms with Crippen LogP contribution in [0.3, 0.4) is 0 Å². The monoisotopic (exact) mass is 442 g/mol. The van der Waals surface area contributed by atoms with Crippen molar-refractivity contribution in [3.63, 3.8) is 0 Å². The van der Waals surface area contributed by atoms with Crippen LogP contribution in [-0.4, -0.2) is 23.0 Å². The summed E-state index contributed by atoms with van der Waals surface area (Å²) in [7, 11) is 0.